The standard InChI is InChI=1S/C25H17FN4OS2/c26-20-8-10-21(11-9-20)30-24(31)22(33-25(30)32)13-19-16-29(15-17-5-2-1-3-6-17)28-23(19)18-7-4-12-27-14-18/h1-14,16H,15H2/b22-13+. The Morgan fingerprint density at radius 2 is 1.82 bits per heavy atom. The lowest BCUT2D eigenvalue weighted by atomic mass is 10.1. The minimum absolute atomic E-state index is 0.246. The number of benzene rings is 2. The molecule has 0 atom stereocenters. The SMILES string of the molecule is O=C1/C(=C\c2cn(Cc3ccccc3)nc2-c2cccnc2)SC(=S)N1c1ccc(F)cc1. The summed E-state index contributed by atoms with van der Waals surface area (Å²) in [5, 5.41) is 4.77. The van der Waals surface area contributed by atoms with Crippen LogP contribution in [-0.2, 0) is 11.3 Å². The van der Waals surface area contributed by atoms with E-state index in [0.29, 0.717) is 21.5 Å². The topological polar surface area (TPSA) is 51.0 Å². The molecule has 33 heavy (non-hydrogen) atoms. The van der Waals surface area contributed by atoms with Gasteiger partial charge in [0.25, 0.3) is 5.91 Å². The zero-order valence-electron chi connectivity index (χ0n) is 17.3. The lowest BCUT2D eigenvalue weighted by molar-refractivity contribution is -0.113. The number of nitrogens with zero attached hydrogens (tertiary/aromatic N) is 4. The minimum Gasteiger partial charge on any atom is -0.268 e. The molecule has 8 heteroatoms. The van der Waals surface area contributed by atoms with Crippen molar-refractivity contribution in [2.24, 2.45) is 0 Å². The van der Waals surface area contributed by atoms with Crippen molar-refractivity contribution in [3.8, 4) is 11.3 Å². The van der Waals surface area contributed by atoms with Crippen molar-refractivity contribution in [3.05, 3.63) is 107 Å². The first-order chi connectivity index (χ1) is 16.1. The summed E-state index contributed by atoms with van der Waals surface area (Å²) in [6.07, 6.45) is 7.17. The van der Waals surface area contributed by atoms with Crippen LogP contribution in [0.15, 0.2) is 90.2 Å². The summed E-state index contributed by atoms with van der Waals surface area (Å²) < 4.78 is 15.6. The van der Waals surface area contributed by atoms with Crippen LogP contribution in [0.5, 0.6) is 0 Å². The number of thioether (sulfide) groups is 1. The number of thiocarbonyl (C=S) groups is 1. The molecule has 3 heterocycles. The van der Waals surface area contributed by atoms with Gasteiger partial charge in [-0.25, -0.2) is 4.39 Å². The molecule has 2 aromatic carbocycles. The van der Waals surface area contributed by atoms with Gasteiger partial charge in [-0.05, 0) is 48.0 Å². The van der Waals surface area contributed by atoms with Gasteiger partial charge < -0.3 is 0 Å². The van der Waals surface area contributed by atoms with Crippen molar-refractivity contribution in [2.45, 2.75) is 6.54 Å². The predicted octanol–water partition coefficient (Wildman–Crippen LogP) is 5.54. The van der Waals surface area contributed by atoms with Gasteiger partial charge >= 0.3 is 0 Å². The Morgan fingerprint density at radius 3 is 2.55 bits per heavy atom. The molecule has 0 bridgehead atoms. The first kappa shape index (κ1) is 21.2. The van der Waals surface area contributed by atoms with Crippen LogP contribution in [0.1, 0.15) is 11.1 Å². The van der Waals surface area contributed by atoms with Gasteiger partial charge in [0.05, 0.1) is 17.1 Å². The second-order valence-electron chi connectivity index (χ2n) is 7.35. The quantitative estimate of drug-likeness (QED) is 0.282. The van der Waals surface area contributed by atoms with Crippen LogP contribution in [0, 0.1) is 5.82 Å². The molecule has 162 valence electrons. The Morgan fingerprint density at radius 1 is 1.03 bits per heavy atom. The number of hydrogen-bond donors (Lipinski definition) is 0. The zero-order chi connectivity index (χ0) is 22.8. The molecule has 5 rings (SSSR count). The minimum atomic E-state index is -0.369. The molecular formula is C25H17FN4OS2. The maximum atomic E-state index is 13.3. The number of halogens is 1. The first-order valence-electron chi connectivity index (χ1n) is 10.1. The normalized spacial score (nSPS) is 14.9. The van der Waals surface area contributed by atoms with Crippen LogP contribution in [0.25, 0.3) is 17.3 Å². The Bertz CT molecular complexity index is 1350. The third-order valence-corrected chi connectivity index (χ3v) is 6.38. The second kappa shape index (κ2) is 9.09. The van der Waals surface area contributed by atoms with Crippen molar-refractivity contribution in [2.75, 3.05) is 4.90 Å². The highest BCUT2D eigenvalue weighted by atomic mass is 32.2. The van der Waals surface area contributed by atoms with E-state index in [-0.39, 0.29) is 11.7 Å². The van der Waals surface area contributed by atoms with Gasteiger partial charge in [0, 0.05) is 29.7 Å². The molecule has 1 aliphatic rings. The maximum Gasteiger partial charge on any atom is 0.270 e. The Kier molecular flexibility index (Phi) is 5.85. The van der Waals surface area contributed by atoms with Crippen LogP contribution in [0.3, 0.4) is 0 Å². The molecule has 2 aromatic heterocycles. The van der Waals surface area contributed by atoms with Gasteiger partial charge in [-0.3, -0.25) is 19.4 Å². The highest BCUT2D eigenvalue weighted by molar-refractivity contribution is 8.27. The number of carbonyl (C=O) groups is 1. The summed E-state index contributed by atoms with van der Waals surface area (Å²) >= 11 is 6.66. The summed E-state index contributed by atoms with van der Waals surface area (Å²) in [4.78, 5) is 19.3. The highest BCUT2D eigenvalue weighted by Gasteiger charge is 2.33. The van der Waals surface area contributed by atoms with E-state index in [9.17, 15) is 9.18 Å². The van der Waals surface area contributed by atoms with Crippen LogP contribution >= 0.6 is 24.0 Å². The molecule has 1 aliphatic heterocycles. The average Bonchev–Trinajstić information content (AvgIpc) is 3.35. The molecule has 1 saturated heterocycles. The molecule has 0 aliphatic carbocycles. The van der Waals surface area contributed by atoms with Crippen LogP contribution in [-0.4, -0.2) is 25.0 Å². The fraction of sp³-hybridized carbons (Fsp3) is 0.0400. The number of amides is 1. The highest BCUT2D eigenvalue weighted by Crippen LogP contribution is 2.37. The van der Waals surface area contributed by atoms with Crippen LogP contribution in [0.4, 0.5) is 10.1 Å². The second-order valence-corrected chi connectivity index (χ2v) is 9.03. The molecule has 1 amide bonds. The Labute approximate surface area is 199 Å². The summed E-state index contributed by atoms with van der Waals surface area (Å²) in [7, 11) is 0. The van der Waals surface area contributed by atoms with Gasteiger partial charge in [-0.2, -0.15) is 5.10 Å². The molecule has 0 N–H and O–H groups in total. The fourth-order valence-electron chi connectivity index (χ4n) is 3.54. The zero-order valence-corrected chi connectivity index (χ0v) is 18.9. The summed E-state index contributed by atoms with van der Waals surface area (Å²) in [6.45, 7) is 0.596. The largest absolute Gasteiger partial charge is 0.270 e. The van der Waals surface area contributed by atoms with E-state index in [1.54, 1.807) is 30.6 Å². The summed E-state index contributed by atoms with van der Waals surface area (Å²) in [6, 6.07) is 19.5. The van der Waals surface area contributed by atoms with E-state index in [1.165, 1.54) is 28.8 Å². The molecule has 0 radical (unpaired) electrons. The molecule has 0 saturated carbocycles. The van der Waals surface area contributed by atoms with E-state index >= 15 is 0 Å². The smallest absolute Gasteiger partial charge is 0.268 e. The lowest BCUT2D eigenvalue weighted by Gasteiger charge is -2.14. The number of aromatic nitrogens is 3. The molecule has 5 nitrogen and oxygen atoms in total. The summed E-state index contributed by atoms with van der Waals surface area (Å²) in [5.74, 6) is -0.615. The van der Waals surface area contributed by atoms with Crippen LogP contribution in [0.2, 0.25) is 0 Å². The number of carbonyl (C=O) groups excluding carboxylic acids is 1. The van der Waals surface area contributed by atoms with Crippen molar-refractivity contribution >= 4 is 46.0 Å². The van der Waals surface area contributed by atoms with Crippen molar-refractivity contribution in [1.29, 1.82) is 0 Å². The van der Waals surface area contributed by atoms with Gasteiger partial charge in [-0.15, -0.1) is 0 Å². The lowest BCUT2D eigenvalue weighted by Crippen LogP contribution is -2.27. The number of rotatable bonds is 5. The average molecular weight is 473 g/mol. The van der Waals surface area contributed by atoms with Gasteiger partial charge in [0.2, 0.25) is 0 Å². The van der Waals surface area contributed by atoms with Gasteiger partial charge in [0.1, 0.15) is 11.5 Å². The van der Waals surface area contributed by atoms with E-state index < -0.39 is 0 Å². The Hall–Kier alpha value is -3.62. The number of hydrogen-bond acceptors (Lipinski definition) is 5. The number of anilines is 1. The van der Waals surface area contributed by atoms with E-state index in [2.05, 4.69) is 4.98 Å². The van der Waals surface area contributed by atoms with Gasteiger partial charge in [-0.1, -0.05) is 54.3 Å². The maximum absolute atomic E-state index is 13.3. The number of pyridine rings is 1. The van der Waals surface area contributed by atoms with E-state index in [1.807, 2.05) is 53.3 Å². The van der Waals surface area contributed by atoms with Gasteiger partial charge in [0.15, 0.2) is 4.32 Å². The van der Waals surface area contributed by atoms with Crippen LogP contribution < -0.4 is 4.90 Å². The van der Waals surface area contributed by atoms with Crippen molar-refractivity contribution < 1.29 is 9.18 Å². The molecule has 4 aromatic rings. The predicted molar refractivity (Wildman–Crippen MR) is 133 cm³/mol. The monoisotopic (exact) mass is 472 g/mol. The molecule has 0 unspecified atom stereocenters. The Balaban J connectivity index is 1.52. The fourth-order valence-corrected chi connectivity index (χ4v) is 4.83. The molecular weight excluding hydrogens is 455 g/mol. The molecule has 1 fully saturated rings. The van der Waals surface area contributed by atoms with E-state index in [0.717, 1.165) is 22.4 Å². The van der Waals surface area contributed by atoms with E-state index in [4.69, 9.17) is 17.3 Å². The summed E-state index contributed by atoms with van der Waals surface area (Å²) in [5.41, 5.74) is 4.02. The first-order valence-corrected chi connectivity index (χ1v) is 11.4. The van der Waals surface area contributed by atoms with Crippen molar-refractivity contribution in [3.63, 3.8) is 0 Å². The third kappa shape index (κ3) is 4.48. The van der Waals surface area contributed by atoms with Crippen molar-refractivity contribution in [1.82, 2.24) is 14.8 Å². The molecule has 0 spiro atoms. The third-order valence-electron chi connectivity index (χ3n) is 5.08.